The predicted octanol–water partition coefficient (Wildman–Crippen LogP) is 2.48. The molecule has 0 saturated heterocycles. The zero-order valence-corrected chi connectivity index (χ0v) is 9.21. The molecule has 86 valence electrons. The summed E-state index contributed by atoms with van der Waals surface area (Å²) in [6.07, 6.45) is -0.375. The summed E-state index contributed by atoms with van der Waals surface area (Å²) < 4.78 is 27.4. The highest BCUT2D eigenvalue weighted by Crippen LogP contribution is 2.37. The van der Waals surface area contributed by atoms with Crippen LogP contribution in [0, 0.1) is 5.92 Å². The number of amides is 1. The van der Waals surface area contributed by atoms with Crippen molar-refractivity contribution in [2.75, 3.05) is 11.9 Å². The lowest BCUT2D eigenvalue weighted by Gasteiger charge is -2.22. The van der Waals surface area contributed by atoms with E-state index in [9.17, 15) is 13.6 Å². The quantitative estimate of drug-likeness (QED) is 0.664. The standard InChI is InChI=1S/C12H13F2NO/c1-8-11(16)15(2)10-6-4-3-5-9(10)7-12(8,13)14/h3-6,8H,7H2,1-2H3. The molecule has 0 saturated carbocycles. The van der Waals surface area contributed by atoms with Crippen LogP contribution in [0.1, 0.15) is 12.5 Å². The number of fused-ring (bicyclic) bond motifs is 1. The second kappa shape index (κ2) is 3.54. The Kier molecular flexibility index (Phi) is 2.45. The van der Waals surface area contributed by atoms with Gasteiger partial charge in [0.2, 0.25) is 5.91 Å². The van der Waals surface area contributed by atoms with Crippen molar-refractivity contribution in [3.63, 3.8) is 0 Å². The van der Waals surface area contributed by atoms with Crippen molar-refractivity contribution in [3.05, 3.63) is 29.8 Å². The van der Waals surface area contributed by atoms with Crippen LogP contribution in [0.15, 0.2) is 24.3 Å². The summed E-state index contributed by atoms with van der Waals surface area (Å²) >= 11 is 0. The van der Waals surface area contributed by atoms with Crippen molar-refractivity contribution in [3.8, 4) is 0 Å². The summed E-state index contributed by atoms with van der Waals surface area (Å²) in [5.74, 6) is -4.78. The minimum atomic E-state index is -2.97. The zero-order valence-electron chi connectivity index (χ0n) is 9.21. The number of nitrogens with zero attached hydrogens (tertiary/aromatic N) is 1. The number of hydrogen-bond donors (Lipinski definition) is 0. The number of para-hydroxylation sites is 1. The average Bonchev–Trinajstić information content (AvgIpc) is 2.31. The summed E-state index contributed by atoms with van der Waals surface area (Å²) in [6, 6.07) is 6.80. The van der Waals surface area contributed by atoms with E-state index in [4.69, 9.17) is 0 Å². The summed E-state index contributed by atoms with van der Waals surface area (Å²) in [5, 5.41) is 0. The maximum absolute atomic E-state index is 13.7. The van der Waals surface area contributed by atoms with E-state index in [2.05, 4.69) is 0 Å². The number of rotatable bonds is 0. The third-order valence-corrected chi connectivity index (χ3v) is 3.11. The van der Waals surface area contributed by atoms with Gasteiger partial charge in [0.1, 0.15) is 0 Å². The summed E-state index contributed by atoms with van der Waals surface area (Å²) in [5.41, 5.74) is 1.10. The monoisotopic (exact) mass is 225 g/mol. The Morgan fingerprint density at radius 3 is 2.69 bits per heavy atom. The number of hydrogen-bond acceptors (Lipinski definition) is 1. The third kappa shape index (κ3) is 1.58. The van der Waals surface area contributed by atoms with Crippen LogP contribution in [0.5, 0.6) is 0 Å². The second-order valence-corrected chi connectivity index (χ2v) is 4.19. The highest BCUT2D eigenvalue weighted by Gasteiger charge is 2.45. The van der Waals surface area contributed by atoms with E-state index in [0.717, 1.165) is 0 Å². The molecule has 1 atom stereocenters. The van der Waals surface area contributed by atoms with Crippen LogP contribution in [0.25, 0.3) is 0 Å². The van der Waals surface area contributed by atoms with E-state index >= 15 is 0 Å². The summed E-state index contributed by atoms with van der Waals surface area (Å²) in [7, 11) is 1.54. The van der Waals surface area contributed by atoms with Crippen molar-refractivity contribution in [2.24, 2.45) is 5.92 Å². The SMILES string of the molecule is CC1C(=O)N(C)c2ccccc2CC1(F)F. The van der Waals surface area contributed by atoms with Gasteiger partial charge in [0, 0.05) is 19.2 Å². The molecule has 4 heteroatoms. The molecular formula is C12H13F2NO. The van der Waals surface area contributed by atoms with Gasteiger partial charge in [-0.1, -0.05) is 18.2 Å². The molecule has 16 heavy (non-hydrogen) atoms. The summed E-state index contributed by atoms with van der Waals surface area (Å²) in [6.45, 7) is 1.28. The fourth-order valence-corrected chi connectivity index (χ4v) is 1.98. The molecule has 0 bridgehead atoms. The Balaban J connectivity index is 2.55. The van der Waals surface area contributed by atoms with Gasteiger partial charge in [0.25, 0.3) is 5.92 Å². The second-order valence-electron chi connectivity index (χ2n) is 4.19. The first-order valence-corrected chi connectivity index (χ1v) is 5.17. The van der Waals surface area contributed by atoms with Crippen molar-refractivity contribution in [2.45, 2.75) is 19.3 Å². The number of anilines is 1. The van der Waals surface area contributed by atoms with Gasteiger partial charge in [0.15, 0.2) is 0 Å². The molecule has 0 aromatic heterocycles. The highest BCUT2D eigenvalue weighted by molar-refractivity contribution is 5.96. The Labute approximate surface area is 92.9 Å². The van der Waals surface area contributed by atoms with Crippen molar-refractivity contribution >= 4 is 11.6 Å². The Bertz CT molecular complexity index is 431. The molecule has 1 aromatic carbocycles. The molecule has 0 radical (unpaired) electrons. The van der Waals surface area contributed by atoms with Crippen LogP contribution in [0.2, 0.25) is 0 Å². The molecule has 0 fully saturated rings. The molecule has 1 aromatic rings. The molecule has 1 heterocycles. The van der Waals surface area contributed by atoms with Gasteiger partial charge in [0.05, 0.1) is 5.92 Å². The first-order valence-electron chi connectivity index (χ1n) is 5.17. The number of carbonyl (C=O) groups is 1. The number of halogens is 2. The lowest BCUT2D eigenvalue weighted by Crippen LogP contribution is -2.39. The normalized spacial score (nSPS) is 23.9. The van der Waals surface area contributed by atoms with Gasteiger partial charge in [-0.05, 0) is 18.6 Å². The lowest BCUT2D eigenvalue weighted by molar-refractivity contribution is -0.134. The Morgan fingerprint density at radius 1 is 1.38 bits per heavy atom. The third-order valence-electron chi connectivity index (χ3n) is 3.11. The summed E-state index contributed by atoms with van der Waals surface area (Å²) in [4.78, 5) is 13.1. The molecule has 2 nitrogen and oxygen atoms in total. The van der Waals surface area contributed by atoms with Crippen LogP contribution in [0.3, 0.4) is 0 Å². The average molecular weight is 225 g/mol. The number of benzene rings is 1. The van der Waals surface area contributed by atoms with Crippen molar-refractivity contribution < 1.29 is 13.6 Å². The van der Waals surface area contributed by atoms with Gasteiger partial charge in [-0.15, -0.1) is 0 Å². The lowest BCUT2D eigenvalue weighted by atomic mass is 9.97. The first-order chi connectivity index (χ1) is 7.43. The first kappa shape index (κ1) is 11.0. The number of carbonyl (C=O) groups excluding carboxylic acids is 1. The molecule has 1 aliphatic heterocycles. The van der Waals surface area contributed by atoms with E-state index in [1.54, 1.807) is 31.3 Å². The maximum Gasteiger partial charge on any atom is 0.263 e. The van der Waals surface area contributed by atoms with Gasteiger partial charge < -0.3 is 4.90 Å². The van der Waals surface area contributed by atoms with Crippen LogP contribution < -0.4 is 4.90 Å². The minimum absolute atomic E-state index is 0.375. The van der Waals surface area contributed by atoms with Crippen molar-refractivity contribution in [1.82, 2.24) is 0 Å². The molecule has 0 N–H and O–H groups in total. The van der Waals surface area contributed by atoms with E-state index in [1.165, 1.54) is 11.8 Å². The molecule has 1 amide bonds. The van der Waals surface area contributed by atoms with E-state index in [0.29, 0.717) is 11.3 Å². The van der Waals surface area contributed by atoms with Gasteiger partial charge in [-0.2, -0.15) is 0 Å². The van der Waals surface area contributed by atoms with Crippen LogP contribution in [-0.4, -0.2) is 18.9 Å². The highest BCUT2D eigenvalue weighted by atomic mass is 19.3. The molecular weight excluding hydrogens is 212 g/mol. The molecule has 0 spiro atoms. The molecule has 0 aliphatic carbocycles. The molecule has 2 rings (SSSR count). The zero-order chi connectivity index (χ0) is 11.9. The smallest absolute Gasteiger partial charge is 0.263 e. The van der Waals surface area contributed by atoms with Crippen LogP contribution in [-0.2, 0) is 11.2 Å². The maximum atomic E-state index is 13.7. The largest absolute Gasteiger partial charge is 0.315 e. The topological polar surface area (TPSA) is 20.3 Å². The van der Waals surface area contributed by atoms with Crippen molar-refractivity contribution in [1.29, 1.82) is 0 Å². The van der Waals surface area contributed by atoms with Crippen LogP contribution >= 0.6 is 0 Å². The minimum Gasteiger partial charge on any atom is -0.315 e. The van der Waals surface area contributed by atoms with Gasteiger partial charge in [-0.25, -0.2) is 8.78 Å². The molecule has 1 unspecified atom stereocenters. The molecule has 1 aliphatic rings. The van der Waals surface area contributed by atoms with Gasteiger partial charge in [-0.3, -0.25) is 4.79 Å². The van der Waals surface area contributed by atoms with E-state index in [1.807, 2.05) is 0 Å². The van der Waals surface area contributed by atoms with E-state index in [-0.39, 0.29) is 6.42 Å². The van der Waals surface area contributed by atoms with Crippen LogP contribution in [0.4, 0.5) is 14.5 Å². The predicted molar refractivity (Wildman–Crippen MR) is 57.7 cm³/mol. The van der Waals surface area contributed by atoms with Gasteiger partial charge >= 0.3 is 0 Å². The Hall–Kier alpha value is -1.45. The Morgan fingerprint density at radius 2 is 2.00 bits per heavy atom. The fraction of sp³-hybridized carbons (Fsp3) is 0.417. The fourth-order valence-electron chi connectivity index (χ4n) is 1.98. The van der Waals surface area contributed by atoms with E-state index < -0.39 is 17.7 Å². The number of alkyl halides is 2.